The first-order valence-electron chi connectivity index (χ1n) is 5.87. The van der Waals surface area contributed by atoms with E-state index in [1.807, 2.05) is 4.90 Å². The monoisotopic (exact) mass is 269 g/mol. The van der Waals surface area contributed by atoms with E-state index in [9.17, 15) is 14.9 Å². The van der Waals surface area contributed by atoms with Crippen molar-refractivity contribution in [1.82, 2.24) is 10.2 Å². The fourth-order valence-corrected chi connectivity index (χ4v) is 2.67. The van der Waals surface area contributed by atoms with Gasteiger partial charge in [-0.2, -0.15) is 0 Å². The minimum Gasteiger partial charge on any atom is -0.342 e. The second-order valence-corrected chi connectivity index (χ2v) is 5.13. The molecule has 2 heterocycles. The smallest absolute Gasteiger partial charge is 0.324 e. The first-order chi connectivity index (χ1) is 8.66. The molecule has 98 valence electrons. The van der Waals surface area contributed by atoms with E-state index < -0.39 is 4.92 Å². The molecular weight excluding hydrogens is 254 g/mol. The third kappa shape index (κ3) is 3.27. The highest BCUT2D eigenvalue weighted by Gasteiger charge is 2.17. The molecule has 1 amide bonds. The normalized spacial score (nSPS) is 15.0. The van der Waals surface area contributed by atoms with Crippen LogP contribution in [0.3, 0.4) is 0 Å². The molecule has 1 fully saturated rings. The number of amides is 1. The van der Waals surface area contributed by atoms with Crippen molar-refractivity contribution in [3.63, 3.8) is 0 Å². The van der Waals surface area contributed by atoms with Gasteiger partial charge < -0.3 is 10.2 Å². The molecule has 1 N–H and O–H groups in total. The SMILES string of the molecule is O=C(CNCc1csc([N+](=O)[O-])c1)N1CCCC1. The molecule has 0 radical (unpaired) electrons. The molecule has 0 unspecified atom stereocenters. The fourth-order valence-electron chi connectivity index (χ4n) is 1.94. The number of nitro groups is 1. The number of likely N-dealkylation sites (tertiary alicyclic amines) is 1. The number of hydrogen-bond acceptors (Lipinski definition) is 5. The molecule has 0 atom stereocenters. The van der Waals surface area contributed by atoms with Crippen LogP contribution in [0.1, 0.15) is 18.4 Å². The zero-order chi connectivity index (χ0) is 13.0. The Labute approximate surface area is 109 Å². The van der Waals surface area contributed by atoms with E-state index in [4.69, 9.17) is 0 Å². The van der Waals surface area contributed by atoms with Gasteiger partial charge in [-0.1, -0.05) is 11.3 Å². The Balaban J connectivity index is 1.74. The lowest BCUT2D eigenvalue weighted by atomic mass is 10.3. The van der Waals surface area contributed by atoms with Gasteiger partial charge in [-0.3, -0.25) is 14.9 Å². The summed E-state index contributed by atoms with van der Waals surface area (Å²) in [7, 11) is 0. The predicted octanol–water partition coefficient (Wildman–Crippen LogP) is 1.37. The van der Waals surface area contributed by atoms with Crippen LogP contribution < -0.4 is 5.32 Å². The lowest BCUT2D eigenvalue weighted by molar-refractivity contribution is -0.380. The van der Waals surface area contributed by atoms with Crippen molar-refractivity contribution in [2.75, 3.05) is 19.6 Å². The van der Waals surface area contributed by atoms with E-state index in [2.05, 4.69) is 5.32 Å². The molecule has 1 aromatic rings. The van der Waals surface area contributed by atoms with Gasteiger partial charge in [-0.25, -0.2) is 0 Å². The molecule has 0 aromatic carbocycles. The van der Waals surface area contributed by atoms with Crippen LogP contribution >= 0.6 is 11.3 Å². The molecule has 0 bridgehead atoms. The van der Waals surface area contributed by atoms with Gasteiger partial charge in [0.2, 0.25) is 5.91 Å². The van der Waals surface area contributed by atoms with Crippen molar-refractivity contribution in [3.8, 4) is 0 Å². The molecule has 18 heavy (non-hydrogen) atoms. The highest BCUT2D eigenvalue weighted by atomic mass is 32.1. The Kier molecular flexibility index (Phi) is 4.27. The Morgan fingerprint density at radius 3 is 2.83 bits per heavy atom. The Morgan fingerprint density at radius 2 is 2.22 bits per heavy atom. The van der Waals surface area contributed by atoms with Crippen molar-refractivity contribution in [2.24, 2.45) is 0 Å². The molecular formula is C11H15N3O3S. The van der Waals surface area contributed by atoms with Gasteiger partial charge in [0.15, 0.2) is 0 Å². The van der Waals surface area contributed by atoms with Gasteiger partial charge in [-0.15, -0.1) is 0 Å². The quantitative estimate of drug-likeness (QED) is 0.647. The van der Waals surface area contributed by atoms with Crippen LogP contribution in [0, 0.1) is 10.1 Å². The maximum atomic E-state index is 11.7. The van der Waals surface area contributed by atoms with Crippen LogP contribution in [0.15, 0.2) is 11.4 Å². The maximum Gasteiger partial charge on any atom is 0.324 e. The predicted molar refractivity (Wildman–Crippen MR) is 68.5 cm³/mol. The summed E-state index contributed by atoms with van der Waals surface area (Å²) in [6.45, 7) is 2.49. The highest BCUT2D eigenvalue weighted by molar-refractivity contribution is 7.13. The maximum absolute atomic E-state index is 11.7. The van der Waals surface area contributed by atoms with E-state index in [1.165, 1.54) is 6.07 Å². The molecule has 7 heteroatoms. The third-order valence-corrected chi connectivity index (χ3v) is 3.81. The van der Waals surface area contributed by atoms with E-state index in [0.717, 1.165) is 42.8 Å². The first-order valence-corrected chi connectivity index (χ1v) is 6.75. The average Bonchev–Trinajstić information content (AvgIpc) is 3.00. The van der Waals surface area contributed by atoms with Gasteiger partial charge in [-0.05, 0) is 18.4 Å². The Bertz CT molecular complexity index is 440. The van der Waals surface area contributed by atoms with Gasteiger partial charge in [0.1, 0.15) is 0 Å². The van der Waals surface area contributed by atoms with Crippen LogP contribution in [-0.2, 0) is 11.3 Å². The summed E-state index contributed by atoms with van der Waals surface area (Å²) in [5.74, 6) is 0.109. The minimum atomic E-state index is -0.399. The summed E-state index contributed by atoms with van der Waals surface area (Å²) < 4.78 is 0. The number of nitrogens with one attached hydrogen (secondary N) is 1. The van der Waals surface area contributed by atoms with E-state index in [1.54, 1.807) is 5.38 Å². The van der Waals surface area contributed by atoms with E-state index >= 15 is 0 Å². The standard InChI is InChI=1S/C11H15N3O3S/c15-10(13-3-1-2-4-13)7-12-6-9-5-11(14(16)17)18-8-9/h5,8,12H,1-4,6-7H2. The minimum absolute atomic E-state index is 0.109. The van der Waals surface area contributed by atoms with Gasteiger partial charge in [0.05, 0.1) is 11.5 Å². The van der Waals surface area contributed by atoms with Crippen molar-refractivity contribution in [3.05, 3.63) is 27.1 Å². The average molecular weight is 269 g/mol. The largest absolute Gasteiger partial charge is 0.342 e. The van der Waals surface area contributed by atoms with Crippen LogP contribution in [-0.4, -0.2) is 35.4 Å². The summed E-state index contributed by atoms with van der Waals surface area (Å²) >= 11 is 1.11. The second-order valence-electron chi connectivity index (χ2n) is 4.24. The zero-order valence-corrected chi connectivity index (χ0v) is 10.7. The number of carbonyl (C=O) groups is 1. The van der Waals surface area contributed by atoms with Crippen LogP contribution in [0.4, 0.5) is 5.00 Å². The number of nitrogens with zero attached hydrogens (tertiary/aromatic N) is 2. The number of rotatable bonds is 5. The molecule has 1 aliphatic rings. The number of hydrogen-bond donors (Lipinski definition) is 1. The van der Waals surface area contributed by atoms with Gasteiger partial charge in [0.25, 0.3) is 0 Å². The van der Waals surface area contributed by atoms with Crippen LogP contribution in [0.25, 0.3) is 0 Å². The van der Waals surface area contributed by atoms with Crippen LogP contribution in [0.5, 0.6) is 0 Å². The zero-order valence-electron chi connectivity index (χ0n) is 9.92. The van der Waals surface area contributed by atoms with Crippen molar-refractivity contribution in [1.29, 1.82) is 0 Å². The van der Waals surface area contributed by atoms with Gasteiger partial charge >= 0.3 is 5.00 Å². The summed E-state index contributed by atoms with van der Waals surface area (Å²) in [5.41, 5.74) is 0.848. The molecule has 0 aliphatic carbocycles. The van der Waals surface area contributed by atoms with E-state index in [-0.39, 0.29) is 10.9 Å². The molecule has 1 aliphatic heterocycles. The van der Waals surface area contributed by atoms with Crippen LogP contribution in [0.2, 0.25) is 0 Å². The van der Waals surface area contributed by atoms with E-state index in [0.29, 0.717) is 13.1 Å². The first kappa shape index (κ1) is 13.0. The molecule has 1 saturated heterocycles. The Morgan fingerprint density at radius 1 is 1.50 bits per heavy atom. The Hall–Kier alpha value is -1.47. The van der Waals surface area contributed by atoms with Crippen molar-refractivity contribution in [2.45, 2.75) is 19.4 Å². The third-order valence-electron chi connectivity index (χ3n) is 2.88. The molecule has 2 rings (SSSR count). The molecule has 6 nitrogen and oxygen atoms in total. The molecule has 0 spiro atoms. The van der Waals surface area contributed by atoms with Crippen molar-refractivity contribution >= 4 is 22.2 Å². The summed E-state index contributed by atoms with van der Waals surface area (Å²) in [4.78, 5) is 23.7. The lowest BCUT2D eigenvalue weighted by Crippen LogP contribution is -2.35. The summed E-state index contributed by atoms with van der Waals surface area (Å²) in [6, 6.07) is 1.54. The number of thiophene rings is 1. The molecule has 0 saturated carbocycles. The number of carbonyl (C=O) groups excluding carboxylic acids is 1. The van der Waals surface area contributed by atoms with Gasteiger partial charge in [0, 0.05) is 31.1 Å². The fraction of sp³-hybridized carbons (Fsp3) is 0.545. The summed E-state index contributed by atoms with van der Waals surface area (Å²) in [6.07, 6.45) is 2.17. The summed E-state index contributed by atoms with van der Waals surface area (Å²) in [5, 5.41) is 15.4. The molecule has 1 aromatic heterocycles. The second kappa shape index (κ2) is 5.92. The highest BCUT2D eigenvalue weighted by Crippen LogP contribution is 2.22. The van der Waals surface area contributed by atoms with Crippen molar-refractivity contribution < 1.29 is 9.72 Å². The topological polar surface area (TPSA) is 75.5 Å². The lowest BCUT2D eigenvalue weighted by Gasteiger charge is -2.15.